The van der Waals surface area contributed by atoms with Crippen LogP contribution in [0.2, 0.25) is 0 Å². The zero-order valence-electron chi connectivity index (χ0n) is 14.9. The van der Waals surface area contributed by atoms with E-state index in [2.05, 4.69) is 0 Å². The normalized spacial score (nSPS) is 18.0. The highest BCUT2D eigenvalue weighted by molar-refractivity contribution is 6.08. The minimum Gasteiger partial charge on any atom is -0.277 e. The molecule has 1 aliphatic carbocycles. The van der Waals surface area contributed by atoms with Crippen molar-refractivity contribution in [3.8, 4) is 0 Å². The summed E-state index contributed by atoms with van der Waals surface area (Å²) in [4.78, 5) is 14.8. The van der Waals surface area contributed by atoms with Crippen LogP contribution in [0.1, 0.15) is 49.7 Å². The van der Waals surface area contributed by atoms with E-state index in [0.29, 0.717) is 12.3 Å². The van der Waals surface area contributed by atoms with Crippen molar-refractivity contribution in [2.45, 2.75) is 44.7 Å². The Balaban J connectivity index is 1.67. The fourth-order valence-corrected chi connectivity index (χ4v) is 4.17. The molecule has 1 atom stereocenters. The summed E-state index contributed by atoms with van der Waals surface area (Å²) in [5.41, 5.74) is 3.37. The van der Waals surface area contributed by atoms with Gasteiger partial charge in [-0.2, -0.15) is 0 Å². The third-order valence-corrected chi connectivity index (χ3v) is 5.55. The molecule has 1 saturated carbocycles. The monoisotopic (exact) mass is 349 g/mol. The van der Waals surface area contributed by atoms with Gasteiger partial charge < -0.3 is 0 Å². The van der Waals surface area contributed by atoms with Crippen LogP contribution in [0.15, 0.2) is 48.5 Å². The molecular weight excluding hydrogens is 325 g/mol. The number of carbonyl (C=O) groups excluding carboxylic acids is 1. The predicted octanol–water partition coefficient (Wildman–Crippen LogP) is 6.14. The summed E-state index contributed by atoms with van der Waals surface area (Å²) >= 11 is 0. The van der Waals surface area contributed by atoms with Gasteiger partial charge in [-0.05, 0) is 35.6 Å². The third-order valence-electron chi connectivity index (χ3n) is 5.55. The van der Waals surface area contributed by atoms with E-state index in [-0.39, 0.29) is 0 Å². The molecule has 2 nitrogen and oxygen atoms in total. The lowest BCUT2D eigenvalue weighted by Crippen LogP contribution is -2.35. The topological polar surface area (TPSA) is 20.3 Å². The van der Waals surface area contributed by atoms with Crippen LogP contribution >= 0.6 is 0 Å². The summed E-state index contributed by atoms with van der Waals surface area (Å²) in [5.74, 6) is -0.113. The number of anilines is 2. The fraction of sp³-hybridized carbons (Fsp3) is 0.348. The Labute approximate surface area is 154 Å². The number of benzene rings is 2. The third kappa shape index (κ3) is 3.31. The van der Waals surface area contributed by atoms with Crippen molar-refractivity contribution in [3.05, 3.63) is 59.7 Å². The lowest BCUT2D eigenvalue weighted by Gasteiger charge is -2.28. The van der Waals surface area contributed by atoms with E-state index in [0.717, 1.165) is 48.2 Å². The Morgan fingerprint density at radius 3 is 2.04 bits per heavy atom. The van der Waals surface area contributed by atoms with E-state index in [1.54, 1.807) is 4.90 Å². The maximum atomic E-state index is 15.1. The molecule has 1 unspecified atom stereocenters. The predicted molar refractivity (Wildman–Crippen MR) is 105 cm³/mol. The Morgan fingerprint density at radius 2 is 1.46 bits per heavy atom. The standard InChI is InChI=1S/C23H24FNO/c24-20(16-17-8-2-1-3-9-17)23(26)25-21-12-6-4-10-18(21)14-15-19-11-5-7-13-22(19)25/h4-7,10-15,17,20H,1-3,8-9,16H2. The molecule has 1 heterocycles. The van der Waals surface area contributed by atoms with E-state index >= 15 is 4.39 Å². The number of halogens is 1. The zero-order chi connectivity index (χ0) is 17.9. The highest BCUT2D eigenvalue weighted by Crippen LogP contribution is 2.38. The van der Waals surface area contributed by atoms with Crippen LogP contribution in [0.5, 0.6) is 0 Å². The maximum absolute atomic E-state index is 15.1. The van der Waals surface area contributed by atoms with Crippen LogP contribution in [0, 0.1) is 5.92 Å². The lowest BCUT2D eigenvalue weighted by molar-refractivity contribution is -0.123. The van der Waals surface area contributed by atoms with Crippen molar-refractivity contribution >= 4 is 29.4 Å². The first-order chi connectivity index (χ1) is 12.7. The summed E-state index contributed by atoms with van der Waals surface area (Å²) in [6.45, 7) is 0. The highest BCUT2D eigenvalue weighted by atomic mass is 19.1. The molecule has 1 aliphatic heterocycles. The van der Waals surface area contributed by atoms with Crippen molar-refractivity contribution in [2.75, 3.05) is 4.90 Å². The Kier molecular flexibility index (Phi) is 4.87. The molecule has 3 heteroatoms. The molecule has 2 aliphatic rings. The largest absolute Gasteiger partial charge is 0.277 e. The number of hydrogen-bond donors (Lipinski definition) is 0. The van der Waals surface area contributed by atoms with E-state index < -0.39 is 12.1 Å². The van der Waals surface area contributed by atoms with Crippen molar-refractivity contribution in [1.82, 2.24) is 0 Å². The van der Waals surface area contributed by atoms with Crippen LogP contribution in [0.4, 0.5) is 15.8 Å². The first kappa shape index (κ1) is 17.0. The number of amides is 1. The van der Waals surface area contributed by atoms with Gasteiger partial charge in [-0.15, -0.1) is 0 Å². The van der Waals surface area contributed by atoms with E-state index in [9.17, 15) is 4.79 Å². The van der Waals surface area contributed by atoms with E-state index in [1.807, 2.05) is 60.7 Å². The second-order valence-corrected chi connectivity index (χ2v) is 7.33. The molecule has 1 fully saturated rings. The number of hydrogen-bond acceptors (Lipinski definition) is 1. The molecule has 0 bridgehead atoms. The average Bonchev–Trinajstić information content (AvgIpc) is 2.85. The molecule has 2 aromatic carbocycles. The van der Waals surface area contributed by atoms with Crippen LogP contribution in [-0.4, -0.2) is 12.1 Å². The van der Waals surface area contributed by atoms with Gasteiger partial charge in [-0.1, -0.05) is 80.7 Å². The average molecular weight is 349 g/mol. The molecule has 1 amide bonds. The Bertz CT molecular complexity index is 773. The van der Waals surface area contributed by atoms with Crippen LogP contribution in [-0.2, 0) is 4.79 Å². The van der Waals surface area contributed by atoms with Gasteiger partial charge in [0.25, 0.3) is 5.91 Å². The van der Waals surface area contributed by atoms with Gasteiger partial charge in [0.2, 0.25) is 0 Å². The smallest absolute Gasteiger partial charge is 0.266 e. The molecule has 0 radical (unpaired) electrons. The first-order valence-corrected chi connectivity index (χ1v) is 9.58. The number of alkyl halides is 1. The second-order valence-electron chi connectivity index (χ2n) is 7.33. The lowest BCUT2D eigenvalue weighted by atomic mass is 9.85. The quantitative estimate of drug-likeness (QED) is 0.651. The summed E-state index contributed by atoms with van der Waals surface area (Å²) in [7, 11) is 0. The summed E-state index contributed by atoms with van der Waals surface area (Å²) in [5, 5.41) is 0. The van der Waals surface area contributed by atoms with Gasteiger partial charge in [0.1, 0.15) is 0 Å². The number of rotatable bonds is 3. The van der Waals surface area contributed by atoms with Gasteiger partial charge in [0.05, 0.1) is 11.4 Å². The second kappa shape index (κ2) is 7.45. The molecule has 4 rings (SSSR count). The molecule has 134 valence electrons. The summed E-state index contributed by atoms with van der Waals surface area (Å²) < 4.78 is 15.1. The molecular formula is C23H24FNO. The van der Waals surface area contributed by atoms with Gasteiger partial charge in [0.15, 0.2) is 6.17 Å². The number of nitrogens with zero attached hydrogens (tertiary/aromatic N) is 1. The Hall–Kier alpha value is -2.42. The van der Waals surface area contributed by atoms with E-state index in [1.165, 1.54) is 6.42 Å². The number of fused-ring (bicyclic) bond motifs is 2. The van der Waals surface area contributed by atoms with E-state index in [4.69, 9.17) is 0 Å². The van der Waals surface area contributed by atoms with Crippen LogP contribution < -0.4 is 4.90 Å². The fourth-order valence-electron chi connectivity index (χ4n) is 4.17. The van der Waals surface area contributed by atoms with Crippen molar-refractivity contribution in [3.63, 3.8) is 0 Å². The van der Waals surface area contributed by atoms with Gasteiger partial charge in [-0.3, -0.25) is 9.69 Å². The minimum atomic E-state index is -1.46. The highest BCUT2D eigenvalue weighted by Gasteiger charge is 2.31. The van der Waals surface area contributed by atoms with Crippen molar-refractivity contribution in [2.24, 2.45) is 5.92 Å². The molecule has 26 heavy (non-hydrogen) atoms. The maximum Gasteiger partial charge on any atom is 0.266 e. The van der Waals surface area contributed by atoms with Gasteiger partial charge in [-0.25, -0.2) is 4.39 Å². The van der Waals surface area contributed by atoms with Gasteiger partial charge in [0, 0.05) is 0 Å². The molecule has 0 aromatic heterocycles. The summed E-state index contributed by atoms with van der Waals surface area (Å²) in [6.07, 6.45) is 8.51. The number of para-hydroxylation sites is 2. The molecule has 0 N–H and O–H groups in total. The first-order valence-electron chi connectivity index (χ1n) is 9.58. The van der Waals surface area contributed by atoms with Crippen molar-refractivity contribution in [1.29, 1.82) is 0 Å². The van der Waals surface area contributed by atoms with Crippen molar-refractivity contribution < 1.29 is 9.18 Å². The SMILES string of the molecule is O=C(C(F)CC1CCCCC1)N1c2ccccc2C=Cc2ccccc21. The Morgan fingerprint density at radius 1 is 0.923 bits per heavy atom. The minimum absolute atomic E-state index is 0.332. The zero-order valence-corrected chi connectivity index (χ0v) is 14.9. The molecule has 0 saturated heterocycles. The van der Waals surface area contributed by atoms with Gasteiger partial charge >= 0.3 is 0 Å². The summed E-state index contributed by atoms with van der Waals surface area (Å²) in [6, 6.07) is 15.4. The van der Waals surface area contributed by atoms with Crippen LogP contribution in [0.3, 0.4) is 0 Å². The number of carbonyl (C=O) groups is 1. The molecule has 2 aromatic rings. The van der Waals surface area contributed by atoms with Crippen LogP contribution in [0.25, 0.3) is 12.2 Å². The molecule has 0 spiro atoms.